The Balaban J connectivity index is 2.36. The van der Waals surface area contributed by atoms with Gasteiger partial charge in [-0.05, 0) is 0 Å². The second-order valence-electron chi connectivity index (χ2n) is 4.69. The lowest BCUT2D eigenvalue weighted by Crippen LogP contribution is -2.39. The maximum absolute atomic E-state index is 5.13. The van der Waals surface area contributed by atoms with E-state index in [9.17, 15) is 0 Å². The van der Waals surface area contributed by atoms with Gasteiger partial charge in [0.15, 0.2) is 0 Å². The molecule has 0 aliphatic rings. The lowest BCUT2D eigenvalue weighted by atomic mass is 10.2. The fraction of sp³-hybridized carbons (Fsp3) is 0.429. The first kappa shape index (κ1) is 12.8. The van der Waals surface area contributed by atoms with Crippen molar-refractivity contribution in [3.63, 3.8) is 0 Å². The van der Waals surface area contributed by atoms with Crippen LogP contribution in [0.3, 0.4) is 0 Å². The maximum Gasteiger partial charge on any atom is 0.104 e. The van der Waals surface area contributed by atoms with Crippen LogP contribution in [0.4, 0.5) is 0 Å². The molecule has 2 nitrogen and oxygen atoms in total. The highest BCUT2D eigenvalue weighted by Crippen LogP contribution is 2.09. The zero-order chi connectivity index (χ0) is 11.9. The molecule has 0 saturated heterocycles. The molecule has 0 fully saturated rings. The van der Waals surface area contributed by atoms with Crippen LogP contribution in [0.15, 0.2) is 43.2 Å². The highest BCUT2D eigenvalue weighted by Gasteiger charge is 2.14. The molecular weight excluding hydrogens is 198 g/mol. The Morgan fingerprint density at radius 3 is 2.56 bits per heavy atom. The van der Waals surface area contributed by atoms with Crippen molar-refractivity contribution in [2.75, 3.05) is 27.2 Å². The summed E-state index contributed by atoms with van der Waals surface area (Å²) in [4.78, 5) is 0. The van der Waals surface area contributed by atoms with Crippen LogP contribution in [0.25, 0.3) is 0 Å². The van der Waals surface area contributed by atoms with Crippen LogP contribution in [-0.4, -0.2) is 31.7 Å². The normalized spacial score (nSPS) is 11.1. The monoisotopic (exact) mass is 220 g/mol. The van der Waals surface area contributed by atoms with E-state index in [-0.39, 0.29) is 0 Å². The molecule has 1 rings (SSSR count). The summed E-state index contributed by atoms with van der Waals surface area (Å²) in [5.74, 6) is 0. The SMILES string of the molecule is C=COCCC[N+](C)(C)Cc1ccccc1. The van der Waals surface area contributed by atoms with Crippen LogP contribution >= 0.6 is 0 Å². The summed E-state index contributed by atoms with van der Waals surface area (Å²) in [7, 11) is 4.50. The average molecular weight is 220 g/mol. The van der Waals surface area contributed by atoms with E-state index >= 15 is 0 Å². The first-order valence-electron chi connectivity index (χ1n) is 5.72. The minimum absolute atomic E-state index is 0.764. The van der Waals surface area contributed by atoms with E-state index in [0.717, 1.165) is 30.6 Å². The van der Waals surface area contributed by atoms with Gasteiger partial charge in [-0.25, -0.2) is 0 Å². The lowest BCUT2D eigenvalue weighted by molar-refractivity contribution is -0.903. The summed E-state index contributed by atoms with van der Waals surface area (Å²) >= 11 is 0. The van der Waals surface area contributed by atoms with Gasteiger partial charge in [0.25, 0.3) is 0 Å². The summed E-state index contributed by atoms with van der Waals surface area (Å²) in [6.07, 6.45) is 2.57. The number of nitrogens with zero attached hydrogens (tertiary/aromatic N) is 1. The van der Waals surface area contributed by atoms with Crippen molar-refractivity contribution in [1.29, 1.82) is 0 Å². The van der Waals surface area contributed by atoms with Crippen LogP contribution in [0.2, 0.25) is 0 Å². The van der Waals surface area contributed by atoms with Crippen molar-refractivity contribution in [3.05, 3.63) is 48.7 Å². The van der Waals surface area contributed by atoms with E-state index in [1.54, 1.807) is 0 Å². The third-order valence-corrected chi connectivity index (χ3v) is 2.60. The summed E-state index contributed by atoms with van der Waals surface area (Å²) in [5.41, 5.74) is 1.39. The smallest absolute Gasteiger partial charge is 0.104 e. The lowest BCUT2D eigenvalue weighted by Gasteiger charge is -2.29. The first-order chi connectivity index (χ1) is 7.64. The average Bonchev–Trinajstić information content (AvgIpc) is 2.25. The number of hydrogen-bond acceptors (Lipinski definition) is 1. The van der Waals surface area contributed by atoms with Gasteiger partial charge < -0.3 is 9.22 Å². The van der Waals surface area contributed by atoms with Crippen LogP contribution in [-0.2, 0) is 11.3 Å². The van der Waals surface area contributed by atoms with E-state index in [0.29, 0.717) is 0 Å². The van der Waals surface area contributed by atoms with Crippen molar-refractivity contribution < 1.29 is 9.22 Å². The standard InChI is InChI=1S/C14H22NO/c1-4-16-12-8-11-15(2,3)13-14-9-6-5-7-10-14/h4-7,9-10H,1,8,11-13H2,2-3H3/q+1. The van der Waals surface area contributed by atoms with Gasteiger partial charge in [-0.3, -0.25) is 0 Å². The highest BCUT2D eigenvalue weighted by atomic mass is 16.5. The summed E-state index contributed by atoms with van der Waals surface area (Å²) < 4.78 is 6.12. The van der Waals surface area contributed by atoms with Crippen LogP contribution in [0.5, 0.6) is 0 Å². The second kappa shape index (κ2) is 6.33. The molecule has 88 valence electrons. The molecule has 2 heteroatoms. The number of hydrogen-bond donors (Lipinski definition) is 0. The predicted molar refractivity (Wildman–Crippen MR) is 67.9 cm³/mol. The summed E-state index contributed by atoms with van der Waals surface area (Å²) in [6.45, 7) is 6.48. The minimum atomic E-state index is 0.764. The van der Waals surface area contributed by atoms with Gasteiger partial charge in [0.2, 0.25) is 0 Å². The molecule has 0 atom stereocenters. The van der Waals surface area contributed by atoms with E-state index in [4.69, 9.17) is 4.74 Å². The van der Waals surface area contributed by atoms with E-state index in [1.807, 2.05) is 0 Å². The van der Waals surface area contributed by atoms with E-state index in [2.05, 4.69) is 51.0 Å². The molecule has 0 spiro atoms. The zero-order valence-electron chi connectivity index (χ0n) is 10.4. The quantitative estimate of drug-likeness (QED) is 0.390. The van der Waals surface area contributed by atoms with Crippen molar-refractivity contribution in [2.24, 2.45) is 0 Å². The van der Waals surface area contributed by atoms with Gasteiger partial charge in [0.05, 0.1) is 33.5 Å². The predicted octanol–water partition coefficient (Wildman–Crippen LogP) is 2.81. The Morgan fingerprint density at radius 2 is 1.94 bits per heavy atom. The third-order valence-electron chi connectivity index (χ3n) is 2.60. The molecule has 16 heavy (non-hydrogen) atoms. The molecule has 0 radical (unpaired) electrons. The van der Waals surface area contributed by atoms with E-state index in [1.165, 1.54) is 11.8 Å². The molecule has 1 aromatic rings. The molecule has 0 aliphatic carbocycles. The molecule has 0 bridgehead atoms. The topological polar surface area (TPSA) is 9.23 Å². The molecule has 0 amide bonds. The van der Waals surface area contributed by atoms with Gasteiger partial charge in [-0.1, -0.05) is 36.9 Å². The Kier molecular flexibility index (Phi) is 5.06. The molecule has 0 unspecified atom stereocenters. The van der Waals surface area contributed by atoms with Gasteiger partial charge in [-0.15, -0.1) is 0 Å². The van der Waals surface area contributed by atoms with Gasteiger partial charge in [0, 0.05) is 12.0 Å². The Hall–Kier alpha value is -1.28. The minimum Gasteiger partial charge on any atom is -0.502 e. The second-order valence-corrected chi connectivity index (χ2v) is 4.69. The number of ether oxygens (including phenoxy) is 1. The maximum atomic E-state index is 5.13. The number of quaternary nitrogens is 1. The molecule has 0 saturated carbocycles. The molecule has 0 heterocycles. The number of benzene rings is 1. The Bertz CT molecular complexity index is 306. The molecule has 0 N–H and O–H groups in total. The summed E-state index contributed by atoms with van der Waals surface area (Å²) in [6, 6.07) is 10.6. The van der Waals surface area contributed by atoms with Gasteiger partial charge in [0.1, 0.15) is 6.54 Å². The van der Waals surface area contributed by atoms with Crippen molar-refractivity contribution in [3.8, 4) is 0 Å². The van der Waals surface area contributed by atoms with E-state index < -0.39 is 0 Å². The fourth-order valence-corrected chi connectivity index (χ4v) is 1.82. The largest absolute Gasteiger partial charge is 0.502 e. The Labute approximate surface area is 98.7 Å². The summed E-state index contributed by atoms with van der Waals surface area (Å²) in [5, 5.41) is 0. The van der Waals surface area contributed by atoms with Gasteiger partial charge in [-0.2, -0.15) is 0 Å². The van der Waals surface area contributed by atoms with Crippen molar-refractivity contribution in [1.82, 2.24) is 0 Å². The first-order valence-corrected chi connectivity index (χ1v) is 5.72. The molecule has 0 aliphatic heterocycles. The molecular formula is C14H22NO+. The highest BCUT2D eigenvalue weighted by molar-refractivity contribution is 5.13. The zero-order valence-corrected chi connectivity index (χ0v) is 10.4. The van der Waals surface area contributed by atoms with Crippen molar-refractivity contribution >= 4 is 0 Å². The fourth-order valence-electron chi connectivity index (χ4n) is 1.82. The molecule has 1 aromatic carbocycles. The van der Waals surface area contributed by atoms with Crippen LogP contribution < -0.4 is 0 Å². The molecule has 0 aromatic heterocycles. The van der Waals surface area contributed by atoms with Crippen LogP contribution in [0, 0.1) is 0 Å². The van der Waals surface area contributed by atoms with Crippen molar-refractivity contribution in [2.45, 2.75) is 13.0 Å². The van der Waals surface area contributed by atoms with Gasteiger partial charge >= 0.3 is 0 Å². The van der Waals surface area contributed by atoms with Crippen LogP contribution in [0.1, 0.15) is 12.0 Å². The third kappa shape index (κ3) is 4.99. The Morgan fingerprint density at radius 1 is 1.25 bits per heavy atom. The number of rotatable bonds is 7.